The van der Waals surface area contributed by atoms with E-state index in [4.69, 9.17) is 4.42 Å². The van der Waals surface area contributed by atoms with Gasteiger partial charge in [0.2, 0.25) is 5.89 Å². The van der Waals surface area contributed by atoms with Crippen LogP contribution < -0.4 is 5.32 Å². The quantitative estimate of drug-likeness (QED) is 0.882. The molecule has 2 aromatic heterocycles. The zero-order chi connectivity index (χ0) is 14.9. The van der Waals surface area contributed by atoms with Gasteiger partial charge in [-0.1, -0.05) is 26.0 Å². The molecular weight excluding hydrogens is 266 g/mol. The third kappa shape index (κ3) is 3.91. The minimum atomic E-state index is -0.0223. The Labute approximate surface area is 124 Å². The van der Waals surface area contributed by atoms with Crippen molar-refractivity contribution in [1.29, 1.82) is 0 Å². The number of hydrogen-bond acceptors (Lipinski definition) is 5. The minimum Gasteiger partial charge on any atom is -0.443 e. The lowest BCUT2D eigenvalue weighted by molar-refractivity contribution is 0.371. The van der Waals surface area contributed by atoms with Crippen LogP contribution in [0.4, 0.5) is 0 Å². The summed E-state index contributed by atoms with van der Waals surface area (Å²) in [6.07, 6.45) is 6.46. The van der Waals surface area contributed by atoms with E-state index in [1.807, 2.05) is 6.20 Å². The van der Waals surface area contributed by atoms with Crippen molar-refractivity contribution in [2.45, 2.75) is 52.1 Å². The van der Waals surface area contributed by atoms with Gasteiger partial charge in [-0.05, 0) is 25.3 Å². The van der Waals surface area contributed by atoms with Gasteiger partial charge in [0.25, 0.3) is 0 Å². The maximum Gasteiger partial charge on any atom is 0.216 e. The maximum atomic E-state index is 5.77. The second kappa shape index (κ2) is 5.60. The molecule has 1 aliphatic rings. The van der Waals surface area contributed by atoms with Gasteiger partial charge in [0, 0.05) is 12.0 Å². The molecule has 21 heavy (non-hydrogen) atoms. The van der Waals surface area contributed by atoms with Gasteiger partial charge >= 0.3 is 0 Å². The van der Waals surface area contributed by atoms with Crippen molar-refractivity contribution < 1.29 is 4.42 Å². The first-order chi connectivity index (χ1) is 10.0. The van der Waals surface area contributed by atoms with Crippen LogP contribution in [0, 0.1) is 5.92 Å². The average molecular weight is 289 g/mol. The molecule has 0 spiro atoms. The van der Waals surface area contributed by atoms with Crippen LogP contribution in [-0.4, -0.2) is 26.5 Å². The molecule has 1 N–H and O–H groups in total. The third-order valence-corrected chi connectivity index (χ3v) is 3.61. The summed E-state index contributed by atoms with van der Waals surface area (Å²) in [5.74, 6) is 2.44. The largest absolute Gasteiger partial charge is 0.443 e. The highest BCUT2D eigenvalue weighted by atomic mass is 16.4. The summed E-state index contributed by atoms with van der Waals surface area (Å²) in [6.45, 7) is 8.70. The Hall–Kier alpha value is -1.69. The molecule has 1 saturated carbocycles. The van der Waals surface area contributed by atoms with E-state index in [0.29, 0.717) is 12.4 Å². The van der Waals surface area contributed by atoms with E-state index in [1.54, 1.807) is 10.9 Å². The molecule has 0 bridgehead atoms. The Morgan fingerprint density at radius 3 is 2.86 bits per heavy atom. The van der Waals surface area contributed by atoms with Crippen LogP contribution in [0.25, 0.3) is 0 Å². The molecule has 114 valence electrons. The van der Waals surface area contributed by atoms with E-state index in [0.717, 1.165) is 30.5 Å². The molecule has 0 amide bonds. The molecule has 1 fully saturated rings. The SMILES string of the molecule is CC(C)(C)c1cnc(Cn2cc(CNCC3CC3)nn2)o1. The fraction of sp³-hybridized carbons (Fsp3) is 0.667. The standard InChI is InChI=1S/C15H23N5O/c1-15(2,3)13-8-17-14(21-13)10-20-9-12(18-19-20)7-16-6-11-4-5-11/h8-9,11,16H,4-7,10H2,1-3H3. The van der Waals surface area contributed by atoms with E-state index >= 15 is 0 Å². The second-order valence-electron chi connectivity index (χ2n) is 6.85. The third-order valence-electron chi connectivity index (χ3n) is 3.61. The maximum absolute atomic E-state index is 5.77. The summed E-state index contributed by atoms with van der Waals surface area (Å²) in [5, 5.41) is 11.7. The molecule has 0 atom stereocenters. The van der Waals surface area contributed by atoms with Crippen LogP contribution in [0.1, 0.15) is 51.0 Å². The lowest BCUT2D eigenvalue weighted by Crippen LogP contribution is -2.16. The van der Waals surface area contributed by atoms with Crippen LogP contribution in [-0.2, 0) is 18.5 Å². The van der Waals surface area contributed by atoms with Gasteiger partial charge in [0.15, 0.2) is 0 Å². The van der Waals surface area contributed by atoms with E-state index in [2.05, 4.69) is 41.4 Å². The molecular formula is C15H23N5O. The molecule has 2 heterocycles. The summed E-state index contributed by atoms with van der Waals surface area (Å²) in [7, 11) is 0. The first kappa shape index (κ1) is 14.3. The lowest BCUT2D eigenvalue weighted by Gasteiger charge is -2.12. The van der Waals surface area contributed by atoms with Crippen LogP contribution >= 0.6 is 0 Å². The summed E-state index contributed by atoms with van der Waals surface area (Å²) in [6, 6.07) is 0. The number of nitrogens with one attached hydrogen (secondary N) is 1. The zero-order valence-corrected chi connectivity index (χ0v) is 13.0. The van der Waals surface area contributed by atoms with Crippen LogP contribution in [0.5, 0.6) is 0 Å². The Bertz CT molecular complexity index is 591. The molecule has 6 nitrogen and oxygen atoms in total. The fourth-order valence-electron chi connectivity index (χ4n) is 2.09. The lowest BCUT2D eigenvalue weighted by atomic mass is 9.94. The van der Waals surface area contributed by atoms with Crippen molar-refractivity contribution in [3.8, 4) is 0 Å². The van der Waals surface area contributed by atoms with Gasteiger partial charge in [-0.2, -0.15) is 0 Å². The molecule has 1 aliphatic carbocycles. The average Bonchev–Trinajstić information content (AvgIpc) is 2.93. The van der Waals surface area contributed by atoms with E-state index in [-0.39, 0.29) is 5.41 Å². The van der Waals surface area contributed by atoms with E-state index in [9.17, 15) is 0 Å². The smallest absolute Gasteiger partial charge is 0.216 e. The zero-order valence-electron chi connectivity index (χ0n) is 13.0. The molecule has 0 radical (unpaired) electrons. The molecule has 0 aromatic carbocycles. The van der Waals surface area contributed by atoms with Gasteiger partial charge in [0.1, 0.15) is 12.3 Å². The van der Waals surface area contributed by atoms with Crippen molar-refractivity contribution in [2.24, 2.45) is 5.92 Å². The first-order valence-corrected chi connectivity index (χ1v) is 7.55. The van der Waals surface area contributed by atoms with Gasteiger partial charge < -0.3 is 9.73 Å². The number of hydrogen-bond donors (Lipinski definition) is 1. The monoisotopic (exact) mass is 289 g/mol. The molecule has 2 aromatic rings. The summed E-state index contributed by atoms with van der Waals surface area (Å²) in [4.78, 5) is 4.31. The Balaban J connectivity index is 1.54. The van der Waals surface area contributed by atoms with Gasteiger partial charge in [-0.3, -0.25) is 0 Å². The number of nitrogens with zero attached hydrogens (tertiary/aromatic N) is 4. The highest BCUT2D eigenvalue weighted by Gasteiger charge is 2.21. The predicted molar refractivity (Wildman–Crippen MR) is 78.8 cm³/mol. The highest BCUT2D eigenvalue weighted by Crippen LogP contribution is 2.27. The molecule has 6 heteroatoms. The Morgan fingerprint density at radius 2 is 2.19 bits per heavy atom. The number of oxazole rings is 1. The van der Waals surface area contributed by atoms with Crippen molar-refractivity contribution in [2.75, 3.05) is 6.54 Å². The molecule has 0 saturated heterocycles. The summed E-state index contributed by atoms with van der Waals surface area (Å²) >= 11 is 0. The van der Waals surface area contributed by atoms with Crippen LogP contribution in [0.2, 0.25) is 0 Å². The Morgan fingerprint density at radius 1 is 1.38 bits per heavy atom. The van der Waals surface area contributed by atoms with Gasteiger partial charge in [-0.25, -0.2) is 9.67 Å². The van der Waals surface area contributed by atoms with Crippen molar-refractivity contribution in [3.05, 3.63) is 29.7 Å². The Kier molecular flexibility index (Phi) is 3.80. The van der Waals surface area contributed by atoms with Gasteiger partial charge in [0.05, 0.1) is 18.1 Å². The molecule has 3 rings (SSSR count). The van der Waals surface area contributed by atoms with E-state index in [1.165, 1.54) is 12.8 Å². The van der Waals surface area contributed by atoms with Crippen LogP contribution in [0.3, 0.4) is 0 Å². The number of rotatable bonds is 6. The first-order valence-electron chi connectivity index (χ1n) is 7.55. The fourth-order valence-corrected chi connectivity index (χ4v) is 2.09. The molecule has 0 unspecified atom stereocenters. The van der Waals surface area contributed by atoms with Crippen molar-refractivity contribution in [3.63, 3.8) is 0 Å². The van der Waals surface area contributed by atoms with E-state index < -0.39 is 0 Å². The highest BCUT2D eigenvalue weighted by molar-refractivity contribution is 5.06. The van der Waals surface area contributed by atoms with Gasteiger partial charge in [-0.15, -0.1) is 5.10 Å². The predicted octanol–water partition coefficient (Wildman–Crippen LogP) is 2.11. The topological polar surface area (TPSA) is 68.8 Å². The van der Waals surface area contributed by atoms with Crippen molar-refractivity contribution >= 4 is 0 Å². The minimum absolute atomic E-state index is 0.0223. The van der Waals surface area contributed by atoms with Crippen LogP contribution in [0.15, 0.2) is 16.8 Å². The normalized spacial score (nSPS) is 15.6. The summed E-state index contributed by atoms with van der Waals surface area (Å²) in [5.41, 5.74) is 0.934. The summed E-state index contributed by atoms with van der Waals surface area (Å²) < 4.78 is 7.54. The van der Waals surface area contributed by atoms with Crippen molar-refractivity contribution in [1.82, 2.24) is 25.3 Å². The molecule has 0 aliphatic heterocycles. The second-order valence-corrected chi connectivity index (χ2v) is 6.85. The number of aromatic nitrogens is 4.